The fourth-order valence-electron chi connectivity index (χ4n) is 1.89. The Kier molecular flexibility index (Phi) is 2.78. The summed E-state index contributed by atoms with van der Waals surface area (Å²) in [5.74, 6) is 0.970. The van der Waals surface area contributed by atoms with Crippen molar-refractivity contribution in [2.45, 2.75) is 13.1 Å². The Labute approximate surface area is 92.3 Å². The normalized spacial score (nSPS) is 10.3. The molecule has 0 aliphatic carbocycles. The van der Waals surface area contributed by atoms with Crippen LogP contribution in [0.4, 0.5) is 0 Å². The third kappa shape index (κ3) is 1.77. The molecule has 0 fully saturated rings. The standard InChI is InChI=1S/C13H15OSi/c1-14-12-8-9-13(15(2)3)11-7-5-4-6-10(11)12/h4-9H,1-3H3/q-1. The summed E-state index contributed by atoms with van der Waals surface area (Å²) in [6.07, 6.45) is 0. The number of benzene rings is 2. The van der Waals surface area contributed by atoms with E-state index < -0.39 is 8.80 Å². The first-order valence-corrected chi connectivity index (χ1v) is 7.60. The van der Waals surface area contributed by atoms with E-state index in [-0.39, 0.29) is 0 Å². The molecule has 0 saturated carbocycles. The van der Waals surface area contributed by atoms with Gasteiger partial charge in [0.15, 0.2) is 0 Å². The van der Waals surface area contributed by atoms with Crippen LogP contribution >= 0.6 is 0 Å². The molecule has 78 valence electrons. The minimum Gasteiger partial charge on any atom is -0.496 e. The predicted octanol–water partition coefficient (Wildman–Crippen LogP) is 2.81. The Hall–Kier alpha value is -1.28. The second-order valence-electron chi connectivity index (χ2n) is 3.86. The lowest BCUT2D eigenvalue weighted by atomic mass is 10.1. The topological polar surface area (TPSA) is 9.23 Å². The SMILES string of the molecule is COc1ccc([Si-](C)C)c2ccccc12. The molecule has 2 heteroatoms. The molecule has 0 aliphatic heterocycles. The minimum atomic E-state index is -0.417. The van der Waals surface area contributed by atoms with Crippen LogP contribution in [-0.2, 0) is 0 Å². The lowest BCUT2D eigenvalue weighted by Gasteiger charge is -2.22. The van der Waals surface area contributed by atoms with Crippen LogP contribution in [0, 0.1) is 0 Å². The summed E-state index contributed by atoms with van der Waals surface area (Å²) < 4.78 is 5.37. The van der Waals surface area contributed by atoms with Crippen molar-refractivity contribution in [3.63, 3.8) is 0 Å². The molecular weight excluding hydrogens is 200 g/mol. The van der Waals surface area contributed by atoms with Gasteiger partial charge in [0.1, 0.15) is 5.75 Å². The minimum absolute atomic E-state index is 0.417. The maximum absolute atomic E-state index is 5.37. The van der Waals surface area contributed by atoms with Crippen molar-refractivity contribution >= 4 is 24.8 Å². The first-order valence-electron chi connectivity index (χ1n) is 5.10. The van der Waals surface area contributed by atoms with Crippen molar-refractivity contribution in [3.8, 4) is 5.75 Å². The first-order chi connectivity index (χ1) is 7.24. The molecule has 2 aromatic rings. The molecule has 0 spiro atoms. The number of rotatable bonds is 2. The Bertz CT molecular complexity index is 477. The molecule has 1 nitrogen and oxygen atoms in total. The van der Waals surface area contributed by atoms with Crippen LogP contribution in [0.25, 0.3) is 10.8 Å². The van der Waals surface area contributed by atoms with Gasteiger partial charge in [0, 0.05) is 5.39 Å². The molecule has 0 unspecified atom stereocenters. The molecule has 0 bridgehead atoms. The molecule has 0 saturated heterocycles. The van der Waals surface area contributed by atoms with Gasteiger partial charge in [-0.25, -0.2) is 0 Å². The molecule has 0 atom stereocenters. The van der Waals surface area contributed by atoms with Crippen LogP contribution in [0.5, 0.6) is 5.75 Å². The zero-order valence-electron chi connectivity index (χ0n) is 9.37. The highest BCUT2D eigenvalue weighted by Gasteiger charge is 2.01. The number of fused-ring (bicyclic) bond motifs is 1. The molecule has 0 amide bonds. The van der Waals surface area contributed by atoms with E-state index in [0.29, 0.717) is 0 Å². The van der Waals surface area contributed by atoms with E-state index >= 15 is 0 Å². The maximum Gasteiger partial charge on any atom is 0.126 e. The molecule has 0 N–H and O–H groups in total. The Balaban J connectivity index is 2.77. The lowest BCUT2D eigenvalue weighted by molar-refractivity contribution is 0.420. The van der Waals surface area contributed by atoms with Gasteiger partial charge in [-0.15, -0.1) is 0 Å². The second kappa shape index (κ2) is 4.07. The highest BCUT2D eigenvalue weighted by molar-refractivity contribution is 6.73. The molecule has 15 heavy (non-hydrogen) atoms. The summed E-state index contributed by atoms with van der Waals surface area (Å²) >= 11 is 0. The molecular formula is C13H15OSi-. The van der Waals surface area contributed by atoms with Crippen molar-refractivity contribution in [2.75, 3.05) is 7.11 Å². The lowest BCUT2D eigenvalue weighted by Crippen LogP contribution is -2.23. The molecule has 2 aromatic carbocycles. The summed E-state index contributed by atoms with van der Waals surface area (Å²) in [6.45, 7) is 4.64. The molecule has 2 rings (SSSR count). The summed E-state index contributed by atoms with van der Waals surface area (Å²) in [5, 5.41) is 4.05. The van der Waals surface area contributed by atoms with Gasteiger partial charge in [-0.3, -0.25) is 8.80 Å². The van der Waals surface area contributed by atoms with Gasteiger partial charge in [0.05, 0.1) is 7.11 Å². The quantitative estimate of drug-likeness (QED) is 0.700. The Morgan fingerprint density at radius 2 is 1.60 bits per heavy atom. The number of hydrogen-bond acceptors (Lipinski definition) is 1. The zero-order chi connectivity index (χ0) is 10.8. The van der Waals surface area contributed by atoms with Gasteiger partial charge < -0.3 is 4.74 Å². The van der Waals surface area contributed by atoms with E-state index in [1.54, 1.807) is 7.11 Å². The number of ether oxygens (including phenoxy) is 1. The highest BCUT2D eigenvalue weighted by atomic mass is 28.3. The number of hydrogen-bond donors (Lipinski definition) is 0. The molecule has 0 aromatic heterocycles. The first kappa shape index (κ1) is 10.2. The van der Waals surface area contributed by atoms with Crippen molar-refractivity contribution in [1.82, 2.24) is 0 Å². The van der Waals surface area contributed by atoms with Crippen LogP contribution in [0.1, 0.15) is 0 Å². The number of methoxy groups -OCH3 is 1. The molecule has 0 radical (unpaired) electrons. The highest BCUT2D eigenvalue weighted by Crippen LogP contribution is 2.23. The third-order valence-electron chi connectivity index (χ3n) is 2.64. The van der Waals surface area contributed by atoms with Gasteiger partial charge in [-0.1, -0.05) is 30.3 Å². The fraction of sp³-hybridized carbons (Fsp3) is 0.231. The van der Waals surface area contributed by atoms with E-state index in [9.17, 15) is 0 Å². The van der Waals surface area contributed by atoms with E-state index in [2.05, 4.69) is 49.5 Å². The van der Waals surface area contributed by atoms with Crippen LogP contribution < -0.4 is 9.92 Å². The van der Waals surface area contributed by atoms with E-state index in [1.165, 1.54) is 16.0 Å². The summed E-state index contributed by atoms with van der Waals surface area (Å²) in [6, 6.07) is 12.8. The summed E-state index contributed by atoms with van der Waals surface area (Å²) in [7, 11) is 1.31. The van der Waals surface area contributed by atoms with Crippen LogP contribution in [0.15, 0.2) is 36.4 Å². The second-order valence-corrected chi connectivity index (χ2v) is 6.40. The van der Waals surface area contributed by atoms with Gasteiger partial charge in [-0.2, -0.15) is 18.3 Å². The smallest absolute Gasteiger partial charge is 0.126 e. The van der Waals surface area contributed by atoms with E-state index in [4.69, 9.17) is 4.74 Å². The Morgan fingerprint density at radius 1 is 0.933 bits per heavy atom. The van der Waals surface area contributed by atoms with Crippen LogP contribution in [0.2, 0.25) is 13.1 Å². The van der Waals surface area contributed by atoms with Crippen molar-refractivity contribution in [2.24, 2.45) is 0 Å². The fourth-order valence-corrected chi connectivity index (χ4v) is 3.06. The average Bonchev–Trinajstić information content (AvgIpc) is 2.27. The van der Waals surface area contributed by atoms with Gasteiger partial charge >= 0.3 is 0 Å². The van der Waals surface area contributed by atoms with Crippen molar-refractivity contribution in [1.29, 1.82) is 0 Å². The van der Waals surface area contributed by atoms with Crippen molar-refractivity contribution in [3.05, 3.63) is 36.4 Å². The maximum atomic E-state index is 5.37. The van der Waals surface area contributed by atoms with Gasteiger partial charge in [-0.05, 0) is 11.5 Å². The third-order valence-corrected chi connectivity index (χ3v) is 4.16. The molecule has 0 heterocycles. The van der Waals surface area contributed by atoms with Gasteiger partial charge in [0.2, 0.25) is 0 Å². The monoisotopic (exact) mass is 215 g/mol. The predicted molar refractivity (Wildman–Crippen MR) is 67.6 cm³/mol. The van der Waals surface area contributed by atoms with Gasteiger partial charge in [0.25, 0.3) is 0 Å². The average molecular weight is 215 g/mol. The summed E-state index contributed by atoms with van der Waals surface area (Å²) in [4.78, 5) is 0. The molecule has 0 aliphatic rings. The largest absolute Gasteiger partial charge is 0.496 e. The summed E-state index contributed by atoms with van der Waals surface area (Å²) in [5.41, 5.74) is 0. The zero-order valence-corrected chi connectivity index (χ0v) is 10.4. The van der Waals surface area contributed by atoms with E-state index in [1.807, 2.05) is 0 Å². The van der Waals surface area contributed by atoms with Crippen LogP contribution in [-0.4, -0.2) is 15.9 Å². The van der Waals surface area contributed by atoms with Crippen molar-refractivity contribution < 1.29 is 4.74 Å². The van der Waals surface area contributed by atoms with E-state index in [0.717, 1.165) is 5.75 Å². The Morgan fingerprint density at radius 3 is 2.20 bits per heavy atom. The van der Waals surface area contributed by atoms with Crippen LogP contribution in [0.3, 0.4) is 0 Å².